The van der Waals surface area contributed by atoms with E-state index >= 15 is 0 Å². The Balaban J connectivity index is 1.62. The van der Waals surface area contributed by atoms with Gasteiger partial charge in [-0.15, -0.1) is 0 Å². The molecule has 1 heterocycles. The van der Waals surface area contributed by atoms with Crippen molar-refractivity contribution in [3.8, 4) is 11.5 Å². The molecule has 0 N–H and O–H groups in total. The molecule has 1 saturated heterocycles. The van der Waals surface area contributed by atoms with Crippen LogP contribution in [-0.2, 0) is 0 Å². The van der Waals surface area contributed by atoms with Gasteiger partial charge in [-0.25, -0.2) is 0 Å². The van der Waals surface area contributed by atoms with Crippen LogP contribution in [0.5, 0.6) is 11.5 Å². The Hall–Kier alpha value is -1.16. The second-order valence-electron chi connectivity index (χ2n) is 6.30. The summed E-state index contributed by atoms with van der Waals surface area (Å²) in [5.74, 6) is 1.90. The van der Waals surface area contributed by atoms with Gasteiger partial charge in [-0.05, 0) is 70.2 Å². The summed E-state index contributed by atoms with van der Waals surface area (Å²) in [7, 11) is 5.78. The molecule has 1 aliphatic heterocycles. The largest absolute Gasteiger partial charge is 0.490 e. The normalized spacial score (nSPS) is 21.6. The summed E-state index contributed by atoms with van der Waals surface area (Å²) in [5, 5.41) is 0. The maximum atomic E-state index is 6.14. The second-order valence-corrected chi connectivity index (χ2v) is 6.30. The van der Waals surface area contributed by atoms with E-state index < -0.39 is 0 Å². The van der Waals surface area contributed by atoms with Crippen molar-refractivity contribution in [2.45, 2.75) is 57.7 Å². The lowest BCUT2D eigenvalue weighted by atomic mass is 10.0. The molecule has 3 rings (SSSR count). The van der Waals surface area contributed by atoms with Crippen molar-refractivity contribution in [1.82, 2.24) is 4.81 Å². The molecule has 1 aliphatic carbocycles. The highest BCUT2D eigenvalue weighted by atomic mass is 16.5. The van der Waals surface area contributed by atoms with Gasteiger partial charge in [0.05, 0.1) is 6.10 Å². The molecule has 0 bridgehead atoms. The van der Waals surface area contributed by atoms with Gasteiger partial charge in [0, 0.05) is 6.07 Å². The number of hydrogen-bond donors (Lipinski definition) is 0. The number of nitrogens with zero attached hydrogens (tertiary/aromatic N) is 1. The minimum Gasteiger partial charge on any atom is -0.490 e. The van der Waals surface area contributed by atoms with Crippen LogP contribution in [0, 0.1) is 6.92 Å². The number of benzene rings is 1. The van der Waals surface area contributed by atoms with Crippen molar-refractivity contribution in [2.24, 2.45) is 0 Å². The summed E-state index contributed by atoms with van der Waals surface area (Å²) in [5.41, 5.74) is 1.19. The molecule has 0 unspecified atom stereocenters. The van der Waals surface area contributed by atoms with E-state index in [1.165, 1.54) is 31.2 Å². The average molecular weight is 285 g/mol. The van der Waals surface area contributed by atoms with E-state index in [1.54, 1.807) is 0 Å². The van der Waals surface area contributed by atoms with E-state index in [1.807, 2.05) is 10.9 Å². The fourth-order valence-corrected chi connectivity index (χ4v) is 3.15. The average Bonchev–Trinajstić information content (AvgIpc) is 2.98. The van der Waals surface area contributed by atoms with Crippen molar-refractivity contribution < 1.29 is 9.47 Å². The molecule has 0 spiro atoms. The molecule has 0 aromatic heterocycles. The first kappa shape index (κ1) is 14.8. The van der Waals surface area contributed by atoms with E-state index in [-0.39, 0.29) is 6.10 Å². The Morgan fingerprint density at radius 3 is 2.38 bits per heavy atom. The molecule has 4 heteroatoms. The van der Waals surface area contributed by atoms with Gasteiger partial charge in [0.2, 0.25) is 0 Å². The van der Waals surface area contributed by atoms with Crippen LogP contribution in [0.25, 0.3) is 0 Å². The standard InChI is InChI=1S/C17H24BNO2/c1-13-6-7-16(20-15-8-10-19(18)11-9-15)12-17(13)21-14-4-2-3-5-14/h6-7,12,14-15H,2-5,8-11H2,1H3. The second kappa shape index (κ2) is 6.74. The van der Waals surface area contributed by atoms with Gasteiger partial charge >= 0.3 is 0 Å². The lowest BCUT2D eigenvalue weighted by Crippen LogP contribution is -2.36. The number of piperidine rings is 1. The van der Waals surface area contributed by atoms with Gasteiger partial charge in [-0.1, -0.05) is 6.07 Å². The zero-order valence-corrected chi connectivity index (χ0v) is 12.9. The molecular weight excluding hydrogens is 261 g/mol. The van der Waals surface area contributed by atoms with Crippen LogP contribution in [0.3, 0.4) is 0 Å². The molecule has 0 atom stereocenters. The predicted molar refractivity (Wildman–Crippen MR) is 85.0 cm³/mol. The Morgan fingerprint density at radius 2 is 1.67 bits per heavy atom. The number of hydrogen-bond acceptors (Lipinski definition) is 3. The van der Waals surface area contributed by atoms with Gasteiger partial charge in [0.1, 0.15) is 17.6 Å². The minimum atomic E-state index is 0.270. The first-order valence-electron chi connectivity index (χ1n) is 8.14. The highest BCUT2D eigenvalue weighted by molar-refractivity contribution is 6.04. The van der Waals surface area contributed by atoms with Crippen LogP contribution in [-0.4, -0.2) is 38.1 Å². The maximum absolute atomic E-state index is 6.14. The van der Waals surface area contributed by atoms with Crippen LogP contribution < -0.4 is 9.47 Å². The van der Waals surface area contributed by atoms with E-state index in [0.717, 1.165) is 37.4 Å². The predicted octanol–water partition coefficient (Wildman–Crippen LogP) is 3.24. The third kappa shape index (κ3) is 3.94. The molecule has 1 saturated carbocycles. The van der Waals surface area contributed by atoms with E-state index in [9.17, 15) is 0 Å². The van der Waals surface area contributed by atoms with Crippen molar-refractivity contribution in [3.05, 3.63) is 23.8 Å². The van der Waals surface area contributed by atoms with Crippen molar-refractivity contribution >= 4 is 7.98 Å². The van der Waals surface area contributed by atoms with Crippen LogP contribution >= 0.6 is 0 Å². The van der Waals surface area contributed by atoms with E-state index in [2.05, 4.69) is 19.1 Å². The number of aryl methyl sites for hydroxylation is 1. The van der Waals surface area contributed by atoms with Gasteiger partial charge in [-0.2, -0.15) is 0 Å². The van der Waals surface area contributed by atoms with Crippen LogP contribution in [0.4, 0.5) is 0 Å². The molecule has 1 aromatic rings. The zero-order chi connectivity index (χ0) is 14.7. The smallest absolute Gasteiger partial charge is 0.182 e. The van der Waals surface area contributed by atoms with E-state index in [0.29, 0.717) is 6.10 Å². The molecule has 112 valence electrons. The Kier molecular flexibility index (Phi) is 4.74. The molecule has 2 radical (unpaired) electrons. The highest BCUT2D eigenvalue weighted by Gasteiger charge is 2.20. The molecule has 3 nitrogen and oxygen atoms in total. The topological polar surface area (TPSA) is 21.7 Å². The third-order valence-corrected chi connectivity index (χ3v) is 4.53. The molecule has 2 aliphatic rings. The lowest BCUT2D eigenvalue weighted by Gasteiger charge is -2.30. The van der Waals surface area contributed by atoms with Gasteiger partial charge in [0.15, 0.2) is 7.98 Å². The van der Waals surface area contributed by atoms with Crippen LogP contribution in [0.1, 0.15) is 44.1 Å². The lowest BCUT2D eigenvalue weighted by molar-refractivity contribution is 0.135. The fraction of sp³-hybridized carbons (Fsp3) is 0.647. The first-order chi connectivity index (χ1) is 10.2. The summed E-state index contributed by atoms with van der Waals surface area (Å²) >= 11 is 0. The minimum absolute atomic E-state index is 0.270. The summed E-state index contributed by atoms with van der Waals surface area (Å²) in [4.78, 5) is 1.86. The molecule has 0 amide bonds. The van der Waals surface area contributed by atoms with Crippen molar-refractivity contribution in [3.63, 3.8) is 0 Å². The molecule has 1 aromatic carbocycles. The number of rotatable bonds is 4. The van der Waals surface area contributed by atoms with Crippen molar-refractivity contribution in [1.29, 1.82) is 0 Å². The van der Waals surface area contributed by atoms with Crippen LogP contribution in [0.2, 0.25) is 0 Å². The Labute approximate surface area is 129 Å². The summed E-state index contributed by atoms with van der Waals surface area (Å²) in [6.45, 7) is 3.91. The molecule has 2 fully saturated rings. The summed E-state index contributed by atoms with van der Waals surface area (Å²) < 4.78 is 12.2. The van der Waals surface area contributed by atoms with Crippen LogP contribution in [0.15, 0.2) is 18.2 Å². The fourth-order valence-electron chi connectivity index (χ4n) is 3.15. The van der Waals surface area contributed by atoms with Gasteiger partial charge < -0.3 is 14.3 Å². The monoisotopic (exact) mass is 285 g/mol. The third-order valence-electron chi connectivity index (χ3n) is 4.53. The molecule has 21 heavy (non-hydrogen) atoms. The van der Waals surface area contributed by atoms with Gasteiger partial charge in [0.25, 0.3) is 0 Å². The number of ether oxygens (including phenoxy) is 2. The first-order valence-corrected chi connectivity index (χ1v) is 8.14. The quantitative estimate of drug-likeness (QED) is 0.793. The maximum Gasteiger partial charge on any atom is 0.182 e. The van der Waals surface area contributed by atoms with E-state index in [4.69, 9.17) is 17.5 Å². The SMILES string of the molecule is [B]N1CCC(Oc2ccc(C)c(OC3CCCC3)c2)CC1. The summed E-state index contributed by atoms with van der Waals surface area (Å²) in [6, 6.07) is 6.20. The summed E-state index contributed by atoms with van der Waals surface area (Å²) in [6.07, 6.45) is 7.58. The molecular formula is C17H24BNO2. The Bertz CT molecular complexity index is 466. The highest BCUT2D eigenvalue weighted by Crippen LogP contribution is 2.30. The Morgan fingerprint density at radius 1 is 1.00 bits per heavy atom. The zero-order valence-electron chi connectivity index (χ0n) is 12.9. The van der Waals surface area contributed by atoms with Gasteiger partial charge in [-0.3, -0.25) is 0 Å². The van der Waals surface area contributed by atoms with Crippen molar-refractivity contribution in [2.75, 3.05) is 13.1 Å².